The van der Waals surface area contributed by atoms with Crippen molar-refractivity contribution in [3.8, 4) is 0 Å². The van der Waals surface area contributed by atoms with E-state index in [4.69, 9.17) is 10.9 Å². The van der Waals surface area contributed by atoms with Crippen molar-refractivity contribution in [1.29, 1.82) is 0 Å². The monoisotopic (exact) mass is 294 g/mol. The average Bonchev–Trinajstić information content (AvgIpc) is 2.46. The van der Waals surface area contributed by atoms with Gasteiger partial charge in [0.1, 0.15) is 5.82 Å². The minimum absolute atomic E-state index is 0.0669. The van der Waals surface area contributed by atoms with Crippen molar-refractivity contribution in [2.45, 2.75) is 25.9 Å². The Balaban J connectivity index is 2.06. The van der Waals surface area contributed by atoms with E-state index < -0.39 is 5.82 Å². The highest BCUT2D eigenvalue weighted by molar-refractivity contribution is 5.98. The molecule has 0 bridgehead atoms. The SMILES string of the molecule is CC1CN(C)CCC1NCc1ccc(F)cc1/C(N)=N/O. The molecule has 1 aliphatic heterocycles. The highest BCUT2D eigenvalue weighted by atomic mass is 19.1. The van der Waals surface area contributed by atoms with Gasteiger partial charge in [0, 0.05) is 24.7 Å². The van der Waals surface area contributed by atoms with Crippen LogP contribution in [-0.4, -0.2) is 42.1 Å². The Labute approximate surface area is 124 Å². The fraction of sp³-hybridized carbons (Fsp3) is 0.533. The summed E-state index contributed by atoms with van der Waals surface area (Å²) >= 11 is 0. The number of piperidine rings is 1. The molecule has 0 aliphatic carbocycles. The first kappa shape index (κ1) is 15.7. The first-order valence-electron chi connectivity index (χ1n) is 7.19. The zero-order valence-corrected chi connectivity index (χ0v) is 12.5. The van der Waals surface area contributed by atoms with Crippen LogP contribution in [0.3, 0.4) is 0 Å². The van der Waals surface area contributed by atoms with Crippen LogP contribution in [0.4, 0.5) is 4.39 Å². The van der Waals surface area contributed by atoms with Crippen LogP contribution in [0, 0.1) is 11.7 Å². The van der Waals surface area contributed by atoms with Crippen LogP contribution in [0.1, 0.15) is 24.5 Å². The molecule has 21 heavy (non-hydrogen) atoms. The third-order valence-corrected chi connectivity index (χ3v) is 4.12. The average molecular weight is 294 g/mol. The predicted molar refractivity (Wildman–Crippen MR) is 80.8 cm³/mol. The number of halogens is 1. The molecular weight excluding hydrogens is 271 g/mol. The Morgan fingerprint density at radius 2 is 2.33 bits per heavy atom. The van der Waals surface area contributed by atoms with E-state index in [2.05, 4.69) is 29.3 Å². The molecule has 5 nitrogen and oxygen atoms in total. The van der Waals surface area contributed by atoms with Gasteiger partial charge in [-0.2, -0.15) is 0 Å². The third-order valence-electron chi connectivity index (χ3n) is 4.12. The number of nitrogens with one attached hydrogen (secondary N) is 1. The van der Waals surface area contributed by atoms with Gasteiger partial charge in [-0.05, 0) is 43.6 Å². The summed E-state index contributed by atoms with van der Waals surface area (Å²) in [5, 5.41) is 15.3. The summed E-state index contributed by atoms with van der Waals surface area (Å²) in [7, 11) is 2.13. The summed E-state index contributed by atoms with van der Waals surface area (Å²) in [6, 6.07) is 4.79. The number of benzene rings is 1. The molecule has 1 heterocycles. The standard InChI is InChI=1S/C15H23FN4O/c1-10-9-20(2)6-5-14(10)18-8-11-3-4-12(16)7-13(11)15(17)19-21/h3-4,7,10,14,18,21H,5-6,8-9H2,1-2H3,(H2,17,19). The van der Waals surface area contributed by atoms with Crippen LogP contribution >= 0.6 is 0 Å². The number of amidine groups is 1. The number of hydrogen-bond acceptors (Lipinski definition) is 4. The minimum atomic E-state index is -0.395. The molecule has 116 valence electrons. The Hall–Kier alpha value is -1.66. The van der Waals surface area contributed by atoms with E-state index in [0.29, 0.717) is 24.1 Å². The summed E-state index contributed by atoms with van der Waals surface area (Å²) in [6.07, 6.45) is 1.08. The Bertz CT molecular complexity index is 520. The van der Waals surface area contributed by atoms with E-state index in [1.807, 2.05) is 0 Å². The number of nitrogens with two attached hydrogens (primary N) is 1. The molecule has 2 atom stereocenters. The van der Waals surface area contributed by atoms with Crippen LogP contribution in [0.2, 0.25) is 0 Å². The summed E-state index contributed by atoms with van der Waals surface area (Å²) in [4.78, 5) is 2.32. The largest absolute Gasteiger partial charge is 0.409 e. The lowest BCUT2D eigenvalue weighted by molar-refractivity contribution is 0.174. The summed E-state index contributed by atoms with van der Waals surface area (Å²) in [6.45, 7) is 4.93. The normalized spacial score (nSPS) is 24.2. The Kier molecular flexibility index (Phi) is 5.14. The molecule has 0 amide bonds. The molecule has 1 aromatic carbocycles. The maximum absolute atomic E-state index is 13.3. The number of nitrogens with zero attached hydrogens (tertiary/aromatic N) is 2. The molecule has 1 fully saturated rings. The van der Waals surface area contributed by atoms with Gasteiger partial charge in [0.2, 0.25) is 0 Å². The van der Waals surface area contributed by atoms with Gasteiger partial charge < -0.3 is 21.2 Å². The smallest absolute Gasteiger partial charge is 0.170 e. The maximum atomic E-state index is 13.3. The van der Waals surface area contributed by atoms with Crippen molar-refractivity contribution >= 4 is 5.84 Å². The van der Waals surface area contributed by atoms with Crippen molar-refractivity contribution in [3.05, 3.63) is 35.1 Å². The zero-order chi connectivity index (χ0) is 15.4. The number of hydrogen-bond donors (Lipinski definition) is 3. The topological polar surface area (TPSA) is 73.9 Å². The number of likely N-dealkylation sites (tertiary alicyclic amines) is 1. The van der Waals surface area contributed by atoms with Crippen LogP contribution in [-0.2, 0) is 6.54 Å². The van der Waals surface area contributed by atoms with Crippen LogP contribution in [0.5, 0.6) is 0 Å². The van der Waals surface area contributed by atoms with Gasteiger partial charge in [-0.15, -0.1) is 0 Å². The minimum Gasteiger partial charge on any atom is -0.409 e. The lowest BCUT2D eigenvalue weighted by Gasteiger charge is -2.35. The predicted octanol–water partition coefficient (Wildman–Crippen LogP) is 1.35. The van der Waals surface area contributed by atoms with Gasteiger partial charge in [0.15, 0.2) is 5.84 Å². The van der Waals surface area contributed by atoms with Crippen LogP contribution < -0.4 is 11.1 Å². The lowest BCUT2D eigenvalue weighted by Crippen LogP contribution is -2.46. The van der Waals surface area contributed by atoms with Crippen molar-refractivity contribution in [2.75, 3.05) is 20.1 Å². The molecule has 0 aromatic heterocycles. The first-order valence-corrected chi connectivity index (χ1v) is 7.19. The van der Waals surface area contributed by atoms with E-state index in [9.17, 15) is 4.39 Å². The molecule has 6 heteroatoms. The quantitative estimate of drug-likeness (QED) is 0.339. The Morgan fingerprint density at radius 3 is 3.00 bits per heavy atom. The molecule has 0 radical (unpaired) electrons. The van der Waals surface area contributed by atoms with Gasteiger partial charge in [-0.25, -0.2) is 4.39 Å². The fourth-order valence-corrected chi connectivity index (χ4v) is 2.89. The number of rotatable bonds is 4. The molecule has 1 aliphatic rings. The van der Waals surface area contributed by atoms with Crippen molar-refractivity contribution < 1.29 is 9.60 Å². The van der Waals surface area contributed by atoms with E-state index in [0.717, 1.165) is 25.1 Å². The van der Waals surface area contributed by atoms with Gasteiger partial charge >= 0.3 is 0 Å². The van der Waals surface area contributed by atoms with Gasteiger partial charge in [0.25, 0.3) is 0 Å². The van der Waals surface area contributed by atoms with E-state index >= 15 is 0 Å². The molecule has 0 spiro atoms. The number of oxime groups is 1. The van der Waals surface area contributed by atoms with Crippen LogP contribution in [0.25, 0.3) is 0 Å². The fourth-order valence-electron chi connectivity index (χ4n) is 2.89. The second-order valence-corrected chi connectivity index (χ2v) is 5.80. The van der Waals surface area contributed by atoms with Gasteiger partial charge in [-0.3, -0.25) is 0 Å². The maximum Gasteiger partial charge on any atom is 0.170 e. The van der Waals surface area contributed by atoms with E-state index in [1.165, 1.54) is 12.1 Å². The third kappa shape index (κ3) is 3.92. The van der Waals surface area contributed by atoms with Crippen LogP contribution in [0.15, 0.2) is 23.4 Å². The molecule has 0 saturated carbocycles. The van der Waals surface area contributed by atoms with Crippen molar-refractivity contribution in [1.82, 2.24) is 10.2 Å². The summed E-state index contributed by atoms with van der Waals surface area (Å²) in [5.41, 5.74) is 6.88. The second kappa shape index (κ2) is 6.87. The Morgan fingerprint density at radius 1 is 1.57 bits per heavy atom. The summed E-state index contributed by atoms with van der Waals surface area (Å²) < 4.78 is 13.3. The van der Waals surface area contributed by atoms with E-state index in [-0.39, 0.29) is 5.84 Å². The first-order chi connectivity index (χ1) is 10.0. The molecule has 1 aromatic rings. The zero-order valence-electron chi connectivity index (χ0n) is 12.5. The molecule has 1 saturated heterocycles. The summed E-state index contributed by atoms with van der Waals surface area (Å²) in [5.74, 6) is 0.0900. The highest BCUT2D eigenvalue weighted by Crippen LogP contribution is 2.17. The highest BCUT2D eigenvalue weighted by Gasteiger charge is 2.23. The molecular formula is C15H23FN4O. The van der Waals surface area contributed by atoms with Gasteiger partial charge in [0.05, 0.1) is 0 Å². The molecule has 4 N–H and O–H groups in total. The van der Waals surface area contributed by atoms with Crippen molar-refractivity contribution in [2.24, 2.45) is 16.8 Å². The molecule has 2 rings (SSSR count). The molecule has 2 unspecified atom stereocenters. The second-order valence-electron chi connectivity index (χ2n) is 5.80. The lowest BCUT2D eigenvalue weighted by atomic mass is 9.93. The van der Waals surface area contributed by atoms with Gasteiger partial charge in [-0.1, -0.05) is 18.1 Å². The van der Waals surface area contributed by atoms with Crippen molar-refractivity contribution in [3.63, 3.8) is 0 Å². The van der Waals surface area contributed by atoms with E-state index in [1.54, 1.807) is 6.07 Å².